The minimum Gasteiger partial charge on any atom is -0.478 e. The third-order valence-electron chi connectivity index (χ3n) is 1.99. The first kappa shape index (κ1) is 13.4. The summed E-state index contributed by atoms with van der Waals surface area (Å²) < 4.78 is 10.1. The summed E-state index contributed by atoms with van der Waals surface area (Å²) in [5.74, 6) is -0.438. The zero-order valence-electron chi connectivity index (χ0n) is 9.68. The van der Waals surface area contributed by atoms with E-state index in [-0.39, 0.29) is 5.56 Å². The van der Waals surface area contributed by atoms with Gasteiger partial charge >= 0.3 is 5.97 Å². The number of hydrogen-bond acceptors (Lipinski definition) is 5. The molecular formula is C11H16N2O4. The van der Waals surface area contributed by atoms with Crippen molar-refractivity contribution in [1.29, 1.82) is 0 Å². The molecular weight excluding hydrogens is 224 g/mol. The molecule has 94 valence electrons. The van der Waals surface area contributed by atoms with Crippen molar-refractivity contribution in [3.63, 3.8) is 0 Å². The molecule has 0 saturated carbocycles. The van der Waals surface area contributed by atoms with E-state index in [1.165, 1.54) is 18.3 Å². The fraction of sp³-hybridized carbons (Fsp3) is 0.455. The number of carboxylic acid groups (broad SMARTS) is 1. The van der Waals surface area contributed by atoms with Crippen LogP contribution in [0.1, 0.15) is 10.4 Å². The number of rotatable bonds is 8. The summed E-state index contributed by atoms with van der Waals surface area (Å²) in [5.41, 5.74) is 0.211. The van der Waals surface area contributed by atoms with Gasteiger partial charge in [-0.2, -0.15) is 0 Å². The molecule has 1 heterocycles. The second-order valence-corrected chi connectivity index (χ2v) is 3.27. The number of carboxylic acids is 1. The molecule has 0 aliphatic carbocycles. The SMILES string of the molecule is COCCOCCNc1cc(C(=O)O)ccn1. The second-order valence-electron chi connectivity index (χ2n) is 3.27. The average Bonchev–Trinajstić information content (AvgIpc) is 2.34. The minimum atomic E-state index is -0.966. The largest absolute Gasteiger partial charge is 0.478 e. The normalized spacial score (nSPS) is 10.2. The van der Waals surface area contributed by atoms with Gasteiger partial charge in [-0.15, -0.1) is 0 Å². The lowest BCUT2D eigenvalue weighted by atomic mass is 10.2. The van der Waals surface area contributed by atoms with Gasteiger partial charge in [0.05, 0.1) is 25.4 Å². The van der Waals surface area contributed by atoms with Crippen LogP contribution in [-0.4, -0.2) is 49.5 Å². The molecule has 1 aromatic heterocycles. The Labute approximate surface area is 99.6 Å². The summed E-state index contributed by atoms with van der Waals surface area (Å²) in [7, 11) is 1.61. The van der Waals surface area contributed by atoms with Gasteiger partial charge in [-0.1, -0.05) is 0 Å². The maximum Gasteiger partial charge on any atom is 0.335 e. The van der Waals surface area contributed by atoms with Gasteiger partial charge in [0.25, 0.3) is 0 Å². The smallest absolute Gasteiger partial charge is 0.335 e. The lowest BCUT2D eigenvalue weighted by Crippen LogP contribution is -2.13. The second kappa shape index (κ2) is 7.59. The third kappa shape index (κ3) is 5.28. The molecule has 0 bridgehead atoms. The number of pyridine rings is 1. The lowest BCUT2D eigenvalue weighted by Gasteiger charge is -2.06. The van der Waals surface area contributed by atoms with Crippen molar-refractivity contribution in [1.82, 2.24) is 4.98 Å². The van der Waals surface area contributed by atoms with Crippen LogP contribution in [0.5, 0.6) is 0 Å². The minimum absolute atomic E-state index is 0.211. The molecule has 0 unspecified atom stereocenters. The van der Waals surface area contributed by atoms with E-state index >= 15 is 0 Å². The van der Waals surface area contributed by atoms with E-state index in [0.717, 1.165) is 0 Å². The van der Waals surface area contributed by atoms with E-state index in [4.69, 9.17) is 14.6 Å². The van der Waals surface area contributed by atoms with Crippen molar-refractivity contribution < 1.29 is 19.4 Å². The van der Waals surface area contributed by atoms with E-state index in [9.17, 15) is 4.79 Å². The van der Waals surface area contributed by atoms with Crippen molar-refractivity contribution in [3.05, 3.63) is 23.9 Å². The highest BCUT2D eigenvalue weighted by Crippen LogP contribution is 2.05. The van der Waals surface area contributed by atoms with Crippen molar-refractivity contribution in [3.8, 4) is 0 Å². The van der Waals surface area contributed by atoms with Crippen molar-refractivity contribution in [2.24, 2.45) is 0 Å². The number of carbonyl (C=O) groups is 1. The number of anilines is 1. The van der Waals surface area contributed by atoms with Crippen molar-refractivity contribution >= 4 is 11.8 Å². The highest BCUT2D eigenvalue weighted by atomic mass is 16.5. The van der Waals surface area contributed by atoms with Crippen LogP contribution in [0.2, 0.25) is 0 Å². The van der Waals surface area contributed by atoms with E-state index in [1.54, 1.807) is 7.11 Å². The molecule has 1 aromatic rings. The van der Waals surface area contributed by atoms with Gasteiger partial charge in [0.15, 0.2) is 0 Å². The van der Waals surface area contributed by atoms with Crippen LogP contribution in [0.25, 0.3) is 0 Å². The number of nitrogens with zero attached hydrogens (tertiary/aromatic N) is 1. The molecule has 2 N–H and O–H groups in total. The first-order chi connectivity index (χ1) is 8.24. The predicted molar refractivity (Wildman–Crippen MR) is 62.4 cm³/mol. The van der Waals surface area contributed by atoms with E-state index in [1.807, 2.05) is 0 Å². The molecule has 1 rings (SSSR count). The Morgan fingerprint density at radius 3 is 3.00 bits per heavy atom. The molecule has 17 heavy (non-hydrogen) atoms. The first-order valence-corrected chi connectivity index (χ1v) is 5.24. The Morgan fingerprint density at radius 1 is 1.47 bits per heavy atom. The summed E-state index contributed by atoms with van der Waals surface area (Å²) in [6.45, 7) is 2.19. The standard InChI is InChI=1S/C11H16N2O4/c1-16-6-7-17-5-4-13-10-8-9(11(14)15)2-3-12-10/h2-3,8H,4-7H2,1H3,(H,12,13)(H,14,15). The molecule has 0 radical (unpaired) electrons. The zero-order chi connectivity index (χ0) is 12.5. The van der Waals surface area contributed by atoms with Crippen LogP contribution in [0, 0.1) is 0 Å². The van der Waals surface area contributed by atoms with Crippen LogP contribution in [-0.2, 0) is 9.47 Å². The van der Waals surface area contributed by atoms with E-state index < -0.39 is 5.97 Å². The van der Waals surface area contributed by atoms with Crippen LogP contribution >= 0.6 is 0 Å². The summed E-state index contributed by atoms with van der Waals surface area (Å²) in [6, 6.07) is 2.93. The van der Waals surface area contributed by atoms with Gasteiger partial charge in [0.2, 0.25) is 0 Å². The number of aromatic nitrogens is 1. The van der Waals surface area contributed by atoms with E-state index in [2.05, 4.69) is 10.3 Å². The fourth-order valence-electron chi connectivity index (χ4n) is 1.16. The molecule has 0 fully saturated rings. The topological polar surface area (TPSA) is 80.7 Å². The monoisotopic (exact) mass is 240 g/mol. The summed E-state index contributed by atoms with van der Waals surface area (Å²) in [5, 5.41) is 11.8. The quantitative estimate of drug-likeness (QED) is 0.656. The van der Waals surface area contributed by atoms with E-state index in [0.29, 0.717) is 32.2 Å². The first-order valence-electron chi connectivity index (χ1n) is 5.24. The summed E-state index contributed by atoms with van der Waals surface area (Å²) in [4.78, 5) is 14.7. The van der Waals surface area contributed by atoms with Crippen LogP contribution in [0.4, 0.5) is 5.82 Å². The Bertz CT molecular complexity index is 357. The molecule has 0 atom stereocenters. The van der Waals surface area contributed by atoms with Crippen molar-refractivity contribution in [2.45, 2.75) is 0 Å². The molecule has 0 aliphatic rings. The van der Waals surface area contributed by atoms with Crippen LogP contribution < -0.4 is 5.32 Å². The number of hydrogen-bond donors (Lipinski definition) is 2. The maximum absolute atomic E-state index is 10.7. The van der Waals surface area contributed by atoms with Crippen LogP contribution in [0.3, 0.4) is 0 Å². The number of aromatic carboxylic acids is 1. The molecule has 0 aliphatic heterocycles. The maximum atomic E-state index is 10.7. The van der Waals surface area contributed by atoms with Gasteiger partial charge in [-0.3, -0.25) is 0 Å². The molecule has 6 nitrogen and oxygen atoms in total. The van der Waals surface area contributed by atoms with Crippen LogP contribution in [0.15, 0.2) is 18.3 Å². The third-order valence-corrected chi connectivity index (χ3v) is 1.99. The fourth-order valence-corrected chi connectivity index (χ4v) is 1.16. The Morgan fingerprint density at radius 2 is 2.29 bits per heavy atom. The van der Waals surface area contributed by atoms with Gasteiger partial charge < -0.3 is 19.9 Å². The number of nitrogens with one attached hydrogen (secondary N) is 1. The highest BCUT2D eigenvalue weighted by Gasteiger charge is 2.03. The van der Waals surface area contributed by atoms with Gasteiger partial charge in [0.1, 0.15) is 5.82 Å². The van der Waals surface area contributed by atoms with Crippen molar-refractivity contribution in [2.75, 3.05) is 38.8 Å². The van der Waals surface area contributed by atoms with Gasteiger partial charge in [-0.25, -0.2) is 9.78 Å². The molecule has 6 heteroatoms. The molecule has 0 spiro atoms. The Balaban J connectivity index is 2.27. The van der Waals surface area contributed by atoms with Gasteiger partial charge in [-0.05, 0) is 12.1 Å². The van der Waals surface area contributed by atoms with Gasteiger partial charge in [0, 0.05) is 19.9 Å². The average molecular weight is 240 g/mol. The highest BCUT2D eigenvalue weighted by molar-refractivity contribution is 5.88. The predicted octanol–water partition coefficient (Wildman–Crippen LogP) is 0.855. The lowest BCUT2D eigenvalue weighted by molar-refractivity contribution is 0.0697. The molecule has 0 amide bonds. The molecule has 0 saturated heterocycles. The summed E-state index contributed by atoms with van der Waals surface area (Å²) >= 11 is 0. The summed E-state index contributed by atoms with van der Waals surface area (Å²) in [6.07, 6.45) is 1.46. The Kier molecular flexibility index (Phi) is 5.98. The molecule has 0 aromatic carbocycles. The number of ether oxygens (including phenoxy) is 2. The number of methoxy groups -OCH3 is 1. The zero-order valence-corrected chi connectivity index (χ0v) is 9.68. The Hall–Kier alpha value is -1.66.